The van der Waals surface area contributed by atoms with E-state index in [1.807, 2.05) is 60.7 Å². The standard InChI is InChI=1S/C16H16ClO4P/c17-16(18)20-13-21-22(19,11-14-7-3-1-4-8-14)12-15-9-5-2-6-10-15/h1-10H,11-13H2. The number of hydrogen-bond acceptors (Lipinski definition) is 4. The molecule has 0 atom stereocenters. The molecule has 0 bridgehead atoms. The Morgan fingerprint density at radius 3 is 1.77 bits per heavy atom. The van der Waals surface area contributed by atoms with Gasteiger partial charge >= 0.3 is 5.43 Å². The maximum absolute atomic E-state index is 13.1. The van der Waals surface area contributed by atoms with Gasteiger partial charge in [0.15, 0.2) is 6.79 Å². The van der Waals surface area contributed by atoms with Crippen LogP contribution in [0.3, 0.4) is 0 Å². The van der Waals surface area contributed by atoms with Crippen molar-refractivity contribution in [3.05, 3.63) is 71.8 Å². The molecule has 4 nitrogen and oxygen atoms in total. The van der Waals surface area contributed by atoms with E-state index in [9.17, 15) is 9.36 Å². The first kappa shape index (κ1) is 16.8. The predicted molar refractivity (Wildman–Crippen MR) is 86.2 cm³/mol. The number of carbonyl (C=O) groups is 1. The molecule has 0 aromatic heterocycles. The van der Waals surface area contributed by atoms with Crippen molar-refractivity contribution in [1.82, 2.24) is 0 Å². The molecule has 0 saturated carbocycles. The van der Waals surface area contributed by atoms with E-state index in [1.54, 1.807) is 0 Å². The topological polar surface area (TPSA) is 52.6 Å². The lowest BCUT2D eigenvalue weighted by Gasteiger charge is -2.18. The zero-order valence-corrected chi connectivity index (χ0v) is 13.5. The van der Waals surface area contributed by atoms with E-state index >= 15 is 0 Å². The fourth-order valence-corrected chi connectivity index (χ4v) is 4.16. The van der Waals surface area contributed by atoms with Gasteiger partial charge in [-0.2, -0.15) is 0 Å². The van der Waals surface area contributed by atoms with Gasteiger partial charge in [-0.05, 0) is 11.1 Å². The van der Waals surface area contributed by atoms with Crippen LogP contribution in [0.4, 0.5) is 4.79 Å². The number of benzene rings is 2. The Kier molecular flexibility index (Phi) is 6.20. The number of rotatable bonds is 7. The maximum atomic E-state index is 13.1. The summed E-state index contributed by atoms with van der Waals surface area (Å²) in [7, 11) is -3.06. The Morgan fingerprint density at radius 2 is 1.36 bits per heavy atom. The first-order valence-electron chi connectivity index (χ1n) is 6.70. The summed E-state index contributed by atoms with van der Waals surface area (Å²) >= 11 is 5.10. The lowest BCUT2D eigenvalue weighted by molar-refractivity contribution is 0.0776. The van der Waals surface area contributed by atoms with Gasteiger partial charge < -0.3 is 4.74 Å². The van der Waals surface area contributed by atoms with E-state index in [1.165, 1.54) is 0 Å². The van der Waals surface area contributed by atoms with Crippen LogP contribution in [0.25, 0.3) is 0 Å². The van der Waals surface area contributed by atoms with Crippen molar-refractivity contribution in [2.75, 3.05) is 6.79 Å². The van der Waals surface area contributed by atoms with E-state index in [0.717, 1.165) is 11.1 Å². The Bertz CT molecular complexity index is 600. The summed E-state index contributed by atoms with van der Waals surface area (Å²) < 4.78 is 23.0. The highest BCUT2D eigenvalue weighted by Crippen LogP contribution is 2.53. The highest BCUT2D eigenvalue weighted by molar-refractivity contribution is 7.57. The van der Waals surface area contributed by atoms with Crippen molar-refractivity contribution in [2.24, 2.45) is 0 Å². The van der Waals surface area contributed by atoms with Gasteiger partial charge in [-0.15, -0.1) is 0 Å². The summed E-state index contributed by atoms with van der Waals surface area (Å²) in [6.45, 7) is -0.417. The second kappa shape index (κ2) is 8.14. The minimum atomic E-state index is -3.06. The first-order valence-corrected chi connectivity index (χ1v) is 9.07. The van der Waals surface area contributed by atoms with Crippen LogP contribution >= 0.6 is 19.0 Å². The first-order chi connectivity index (χ1) is 10.6. The highest BCUT2D eigenvalue weighted by atomic mass is 35.5. The molecule has 22 heavy (non-hydrogen) atoms. The zero-order chi connectivity index (χ0) is 15.8. The predicted octanol–water partition coefficient (Wildman–Crippen LogP) is 5.01. The van der Waals surface area contributed by atoms with Gasteiger partial charge in [0.25, 0.3) is 0 Å². The molecular formula is C16H16ClO4P. The van der Waals surface area contributed by atoms with Crippen molar-refractivity contribution in [3.8, 4) is 0 Å². The molecule has 0 aliphatic rings. The van der Waals surface area contributed by atoms with Crippen LogP contribution in [-0.4, -0.2) is 12.2 Å². The Morgan fingerprint density at radius 1 is 0.909 bits per heavy atom. The van der Waals surface area contributed by atoms with Gasteiger partial charge in [-0.25, -0.2) is 4.79 Å². The molecule has 6 heteroatoms. The Hall–Kier alpha value is -1.61. The van der Waals surface area contributed by atoms with E-state index < -0.39 is 19.6 Å². The van der Waals surface area contributed by atoms with Crippen LogP contribution in [0.2, 0.25) is 0 Å². The molecular weight excluding hydrogens is 323 g/mol. The number of hydrogen-bond donors (Lipinski definition) is 0. The summed E-state index contributed by atoms with van der Waals surface area (Å²) in [5, 5.41) is 0. The van der Waals surface area contributed by atoms with Gasteiger partial charge in [0.2, 0.25) is 7.37 Å². The Labute approximate surface area is 134 Å². The van der Waals surface area contributed by atoms with E-state index in [-0.39, 0.29) is 12.3 Å². The largest absolute Gasteiger partial charge is 0.426 e. The molecule has 2 aromatic carbocycles. The summed E-state index contributed by atoms with van der Waals surface area (Å²) in [5.74, 6) is 0. The van der Waals surface area contributed by atoms with Crippen molar-refractivity contribution in [1.29, 1.82) is 0 Å². The normalized spacial score (nSPS) is 11.1. The van der Waals surface area contributed by atoms with Crippen LogP contribution in [-0.2, 0) is 26.1 Å². The molecule has 0 aliphatic heterocycles. The Balaban J connectivity index is 2.12. The molecule has 116 valence electrons. The fraction of sp³-hybridized carbons (Fsp3) is 0.188. The average Bonchev–Trinajstić information content (AvgIpc) is 2.48. The molecule has 0 fully saturated rings. The van der Waals surface area contributed by atoms with Gasteiger partial charge in [-0.1, -0.05) is 60.7 Å². The second-order valence-electron chi connectivity index (χ2n) is 4.73. The maximum Gasteiger partial charge on any atom is 0.405 e. The monoisotopic (exact) mass is 338 g/mol. The fourth-order valence-electron chi connectivity index (χ4n) is 2.04. The molecule has 0 aliphatic carbocycles. The van der Waals surface area contributed by atoms with Crippen molar-refractivity contribution in [3.63, 3.8) is 0 Å². The second-order valence-corrected chi connectivity index (χ2v) is 7.56. The summed E-state index contributed by atoms with van der Waals surface area (Å²) in [6, 6.07) is 18.8. The molecule has 2 rings (SSSR count). The van der Waals surface area contributed by atoms with Crippen LogP contribution in [0, 0.1) is 0 Å². The molecule has 0 saturated heterocycles. The van der Waals surface area contributed by atoms with Gasteiger partial charge in [0.1, 0.15) is 0 Å². The third kappa shape index (κ3) is 5.64. The number of ether oxygens (including phenoxy) is 1. The SMILES string of the molecule is O=C(Cl)OCOP(=O)(Cc1ccccc1)Cc1ccccc1. The van der Waals surface area contributed by atoms with Crippen molar-refractivity contribution in [2.45, 2.75) is 12.3 Å². The number of carbonyl (C=O) groups excluding carboxylic acids is 1. The lowest BCUT2D eigenvalue weighted by Crippen LogP contribution is -2.04. The van der Waals surface area contributed by atoms with Gasteiger partial charge in [0.05, 0.1) is 12.3 Å². The minimum absolute atomic E-state index is 0.266. The van der Waals surface area contributed by atoms with Crippen LogP contribution in [0.15, 0.2) is 60.7 Å². The lowest BCUT2D eigenvalue weighted by atomic mass is 10.2. The smallest absolute Gasteiger partial charge is 0.405 e. The molecule has 0 heterocycles. The molecule has 0 N–H and O–H groups in total. The van der Waals surface area contributed by atoms with Crippen molar-refractivity contribution < 1.29 is 18.6 Å². The van der Waals surface area contributed by atoms with Gasteiger partial charge in [0, 0.05) is 11.6 Å². The number of halogens is 1. The molecule has 0 radical (unpaired) electrons. The average molecular weight is 339 g/mol. The molecule has 0 unspecified atom stereocenters. The minimum Gasteiger partial charge on any atom is -0.426 e. The zero-order valence-electron chi connectivity index (χ0n) is 11.9. The molecule has 0 spiro atoms. The summed E-state index contributed by atoms with van der Waals surface area (Å²) in [4.78, 5) is 10.6. The third-order valence-corrected chi connectivity index (χ3v) is 5.37. The van der Waals surface area contributed by atoms with E-state index in [2.05, 4.69) is 4.74 Å². The third-order valence-electron chi connectivity index (χ3n) is 2.99. The quantitative estimate of drug-likeness (QED) is 0.404. The summed E-state index contributed by atoms with van der Waals surface area (Å²) in [6.07, 6.45) is 0.533. The van der Waals surface area contributed by atoms with E-state index in [4.69, 9.17) is 16.1 Å². The van der Waals surface area contributed by atoms with Crippen molar-refractivity contribution >= 4 is 24.4 Å². The van der Waals surface area contributed by atoms with Crippen LogP contribution in [0.5, 0.6) is 0 Å². The molecule has 0 amide bonds. The van der Waals surface area contributed by atoms with E-state index in [0.29, 0.717) is 0 Å². The van der Waals surface area contributed by atoms with Gasteiger partial charge in [-0.3, -0.25) is 9.09 Å². The molecule has 2 aromatic rings. The van der Waals surface area contributed by atoms with Crippen LogP contribution in [0.1, 0.15) is 11.1 Å². The summed E-state index contributed by atoms with van der Waals surface area (Å²) in [5.41, 5.74) is 0.823. The highest BCUT2D eigenvalue weighted by Gasteiger charge is 2.25. The van der Waals surface area contributed by atoms with Crippen LogP contribution < -0.4 is 0 Å².